The van der Waals surface area contributed by atoms with E-state index in [2.05, 4.69) is 0 Å². The number of hydrogen-bond donors (Lipinski definition) is 0. The number of hydrogen-bond acceptors (Lipinski definition) is 8. The molecule has 1 aromatic heterocycles. The van der Waals surface area contributed by atoms with Crippen molar-refractivity contribution in [2.45, 2.75) is 18.4 Å². The maximum atomic E-state index is 14.0. The Hall–Kier alpha value is -5.51. The molecule has 2 aliphatic heterocycles. The number of imide groups is 1. The smallest absolute Gasteiger partial charge is 0.271 e. The zero-order chi connectivity index (χ0) is 31.9. The van der Waals surface area contributed by atoms with Gasteiger partial charge in [-0.25, -0.2) is 17.4 Å². The van der Waals surface area contributed by atoms with Crippen LogP contribution in [-0.2, 0) is 26.2 Å². The van der Waals surface area contributed by atoms with Crippen LogP contribution in [0, 0.1) is 11.3 Å². The molecule has 0 saturated carbocycles. The van der Waals surface area contributed by atoms with E-state index in [1.54, 1.807) is 54.2 Å². The number of sulfonamides is 1. The number of aromatic nitrogens is 2. The SMILES string of the molecule is CC1=C(C#N)C(=O)N(Cc2ccc3c(c2)OCO3)C(=O)/C1=C/c1cn(-c2ccccc2)nc1-c1cccc(S(=O)(=O)N(C)C)c1. The summed E-state index contributed by atoms with van der Waals surface area (Å²) < 4.78 is 39.4. The number of benzene rings is 3. The van der Waals surface area contributed by atoms with Gasteiger partial charge in [-0.15, -0.1) is 0 Å². The summed E-state index contributed by atoms with van der Waals surface area (Å²) in [5, 5.41) is 14.7. The number of nitriles is 1. The van der Waals surface area contributed by atoms with Crippen molar-refractivity contribution < 1.29 is 27.5 Å². The van der Waals surface area contributed by atoms with E-state index < -0.39 is 21.8 Å². The normalized spacial score (nSPS) is 15.7. The van der Waals surface area contributed by atoms with Gasteiger partial charge in [-0.3, -0.25) is 14.5 Å². The van der Waals surface area contributed by atoms with Crippen molar-refractivity contribution in [3.63, 3.8) is 0 Å². The lowest BCUT2D eigenvalue weighted by atomic mass is 9.93. The van der Waals surface area contributed by atoms with E-state index >= 15 is 0 Å². The third-order valence-corrected chi connectivity index (χ3v) is 9.36. The van der Waals surface area contributed by atoms with Gasteiger partial charge in [0.1, 0.15) is 17.3 Å². The van der Waals surface area contributed by atoms with E-state index in [1.165, 1.54) is 26.2 Å². The Morgan fingerprint density at radius 1 is 0.978 bits per heavy atom. The van der Waals surface area contributed by atoms with Crippen LogP contribution in [0.15, 0.2) is 101 Å². The maximum Gasteiger partial charge on any atom is 0.271 e. The lowest BCUT2D eigenvalue weighted by Crippen LogP contribution is -2.42. The first-order valence-electron chi connectivity index (χ1n) is 13.8. The third-order valence-electron chi connectivity index (χ3n) is 7.55. The molecular weight excluding hydrogens is 594 g/mol. The molecule has 0 saturated heterocycles. The molecule has 0 unspecified atom stereocenters. The molecule has 11 nitrogen and oxygen atoms in total. The molecule has 226 valence electrons. The van der Waals surface area contributed by atoms with Crippen molar-refractivity contribution in [1.29, 1.82) is 5.26 Å². The first-order chi connectivity index (χ1) is 21.6. The number of nitrogens with zero attached hydrogens (tertiary/aromatic N) is 5. The van der Waals surface area contributed by atoms with Crippen molar-refractivity contribution in [2.24, 2.45) is 0 Å². The Morgan fingerprint density at radius 2 is 1.73 bits per heavy atom. The summed E-state index contributed by atoms with van der Waals surface area (Å²) in [6, 6.07) is 22.8. The molecule has 0 atom stereocenters. The molecule has 12 heteroatoms. The topological polar surface area (TPSA) is 135 Å². The van der Waals surface area contributed by atoms with E-state index in [-0.39, 0.29) is 35.0 Å². The molecular formula is C33H27N5O6S. The largest absolute Gasteiger partial charge is 0.454 e. The lowest BCUT2D eigenvalue weighted by molar-refractivity contribution is -0.141. The standard InChI is InChI=1S/C33H27N5O6S/c1-21-27(32(39)37(33(40)28(21)17-34)18-22-12-13-29-30(14-22)44-20-43-29)16-24-19-38(25-9-5-4-6-10-25)35-31(24)23-8-7-11-26(15-23)45(41,42)36(2)3/h4-16,19H,18,20H2,1-3H3/b27-16+. The van der Waals surface area contributed by atoms with Gasteiger partial charge in [0.2, 0.25) is 16.8 Å². The molecule has 0 fully saturated rings. The van der Waals surface area contributed by atoms with Gasteiger partial charge >= 0.3 is 0 Å². The second-order valence-corrected chi connectivity index (χ2v) is 12.7. The number of carbonyl (C=O) groups excluding carboxylic acids is 2. The summed E-state index contributed by atoms with van der Waals surface area (Å²) in [7, 11) is -0.836. The highest BCUT2D eigenvalue weighted by atomic mass is 32.2. The van der Waals surface area contributed by atoms with Gasteiger partial charge in [0.05, 0.1) is 17.1 Å². The minimum absolute atomic E-state index is 0.0787. The Kier molecular flexibility index (Phi) is 7.57. The predicted molar refractivity (Wildman–Crippen MR) is 164 cm³/mol. The molecule has 2 amide bonds. The molecule has 0 N–H and O–H groups in total. The Labute approximate surface area is 259 Å². The van der Waals surface area contributed by atoms with Gasteiger partial charge in [0, 0.05) is 37.0 Å². The second kappa shape index (κ2) is 11.5. The molecule has 0 bridgehead atoms. The zero-order valence-electron chi connectivity index (χ0n) is 24.6. The van der Waals surface area contributed by atoms with Gasteiger partial charge in [0.15, 0.2) is 11.5 Å². The summed E-state index contributed by atoms with van der Waals surface area (Å²) in [5.74, 6) is -0.216. The third kappa shape index (κ3) is 5.39. The van der Waals surface area contributed by atoms with E-state index in [0.717, 1.165) is 14.9 Å². The summed E-state index contributed by atoms with van der Waals surface area (Å²) in [5.41, 5.74) is 2.95. The highest BCUT2D eigenvalue weighted by Gasteiger charge is 2.36. The Morgan fingerprint density at radius 3 is 2.47 bits per heavy atom. The lowest BCUT2D eigenvalue weighted by Gasteiger charge is -2.27. The first kappa shape index (κ1) is 29.6. The Balaban J connectivity index is 1.48. The van der Waals surface area contributed by atoms with E-state index in [0.29, 0.717) is 33.9 Å². The number of amides is 2. The van der Waals surface area contributed by atoms with Gasteiger partial charge in [-0.05, 0) is 60.5 Å². The molecule has 6 rings (SSSR count). The fourth-order valence-electron chi connectivity index (χ4n) is 5.10. The molecule has 0 aliphatic carbocycles. The maximum absolute atomic E-state index is 14.0. The number of rotatable bonds is 7. The van der Waals surface area contributed by atoms with Crippen LogP contribution in [0.5, 0.6) is 11.5 Å². The monoisotopic (exact) mass is 621 g/mol. The Bertz CT molecular complexity index is 2070. The van der Waals surface area contributed by atoms with E-state index in [4.69, 9.17) is 14.6 Å². The van der Waals surface area contributed by atoms with Crippen LogP contribution in [0.3, 0.4) is 0 Å². The highest BCUT2D eigenvalue weighted by Crippen LogP contribution is 2.35. The van der Waals surface area contributed by atoms with Gasteiger partial charge in [-0.2, -0.15) is 10.4 Å². The average molecular weight is 622 g/mol. The number of para-hydroxylation sites is 1. The molecule has 0 spiro atoms. The summed E-state index contributed by atoms with van der Waals surface area (Å²) in [4.78, 5) is 28.4. The molecule has 45 heavy (non-hydrogen) atoms. The molecule has 4 aromatic rings. The summed E-state index contributed by atoms with van der Waals surface area (Å²) >= 11 is 0. The van der Waals surface area contributed by atoms with Crippen LogP contribution < -0.4 is 9.47 Å². The number of carbonyl (C=O) groups is 2. The van der Waals surface area contributed by atoms with Gasteiger partial charge < -0.3 is 9.47 Å². The van der Waals surface area contributed by atoms with E-state index in [1.807, 2.05) is 36.4 Å². The molecule has 3 aromatic carbocycles. The van der Waals surface area contributed by atoms with Crippen LogP contribution in [0.2, 0.25) is 0 Å². The van der Waals surface area contributed by atoms with Crippen molar-refractivity contribution in [3.05, 3.63) is 107 Å². The zero-order valence-corrected chi connectivity index (χ0v) is 25.4. The molecule has 0 radical (unpaired) electrons. The van der Waals surface area contributed by atoms with Crippen molar-refractivity contribution in [3.8, 4) is 34.5 Å². The summed E-state index contributed by atoms with van der Waals surface area (Å²) in [6.45, 7) is 1.55. The summed E-state index contributed by atoms with van der Waals surface area (Å²) in [6.07, 6.45) is 3.30. The van der Waals surface area contributed by atoms with Crippen LogP contribution in [0.25, 0.3) is 23.0 Å². The van der Waals surface area contributed by atoms with Crippen LogP contribution in [0.1, 0.15) is 18.1 Å². The van der Waals surface area contributed by atoms with Gasteiger partial charge in [0.25, 0.3) is 11.8 Å². The highest BCUT2D eigenvalue weighted by molar-refractivity contribution is 7.89. The van der Waals surface area contributed by atoms with Crippen LogP contribution in [0.4, 0.5) is 0 Å². The second-order valence-electron chi connectivity index (χ2n) is 10.6. The molecule has 3 heterocycles. The van der Waals surface area contributed by atoms with Crippen molar-refractivity contribution >= 4 is 27.9 Å². The average Bonchev–Trinajstić information content (AvgIpc) is 3.69. The number of fused-ring (bicyclic) bond motifs is 1. The minimum Gasteiger partial charge on any atom is -0.454 e. The first-order valence-corrected chi connectivity index (χ1v) is 15.3. The predicted octanol–water partition coefficient (Wildman–Crippen LogP) is 4.31. The quantitative estimate of drug-likeness (QED) is 0.220. The molecule has 2 aliphatic rings. The van der Waals surface area contributed by atoms with Crippen molar-refractivity contribution in [2.75, 3.05) is 20.9 Å². The van der Waals surface area contributed by atoms with E-state index in [9.17, 15) is 23.3 Å². The fraction of sp³-hybridized carbons (Fsp3) is 0.152. The van der Waals surface area contributed by atoms with Crippen molar-refractivity contribution in [1.82, 2.24) is 19.0 Å². The minimum atomic E-state index is -3.74. The van der Waals surface area contributed by atoms with Gasteiger partial charge in [-0.1, -0.05) is 36.4 Å². The van der Waals surface area contributed by atoms with Crippen LogP contribution in [-0.4, -0.2) is 60.1 Å². The number of ether oxygens (including phenoxy) is 2. The van der Waals surface area contributed by atoms with Crippen LogP contribution >= 0.6 is 0 Å². The fourth-order valence-corrected chi connectivity index (χ4v) is 6.04.